The molecule has 4 heteroatoms. The monoisotopic (exact) mass is 263 g/mol. The Morgan fingerprint density at radius 1 is 1.21 bits per heavy atom. The molecule has 0 atom stereocenters. The van der Waals surface area contributed by atoms with Crippen LogP contribution in [0.25, 0.3) is 0 Å². The lowest BCUT2D eigenvalue weighted by molar-refractivity contribution is -0.130. The van der Waals surface area contributed by atoms with Crippen molar-refractivity contribution in [2.24, 2.45) is 0 Å². The van der Waals surface area contributed by atoms with Crippen LogP contribution < -0.4 is 9.47 Å². The molecule has 0 bridgehead atoms. The van der Waals surface area contributed by atoms with Crippen molar-refractivity contribution >= 4 is 5.91 Å². The van der Waals surface area contributed by atoms with Crippen molar-refractivity contribution in [3.8, 4) is 11.5 Å². The van der Waals surface area contributed by atoms with Gasteiger partial charge in [-0.15, -0.1) is 0 Å². The molecular weight excluding hydrogens is 242 g/mol. The number of hydrogen-bond acceptors (Lipinski definition) is 3. The van der Waals surface area contributed by atoms with Crippen LogP contribution in [0.5, 0.6) is 11.5 Å². The van der Waals surface area contributed by atoms with Gasteiger partial charge < -0.3 is 14.4 Å². The molecule has 0 aromatic heterocycles. The van der Waals surface area contributed by atoms with E-state index in [4.69, 9.17) is 9.47 Å². The summed E-state index contributed by atoms with van der Waals surface area (Å²) in [5.74, 6) is 1.72. The number of carbonyl (C=O) groups is 1. The molecule has 1 aliphatic rings. The first kappa shape index (κ1) is 13.7. The summed E-state index contributed by atoms with van der Waals surface area (Å²) in [6.45, 7) is 2.39. The lowest BCUT2D eigenvalue weighted by atomic mass is 10.3. The van der Waals surface area contributed by atoms with Gasteiger partial charge in [-0.3, -0.25) is 4.79 Å². The average Bonchev–Trinajstić information content (AvgIpc) is 2.98. The van der Waals surface area contributed by atoms with Crippen molar-refractivity contribution in [1.29, 1.82) is 0 Å². The molecule has 19 heavy (non-hydrogen) atoms. The topological polar surface area (TPSA) is 38.8 Å². The first-order valence-electron chi connectivity index (χ1n) is 6.85. The molecular formula is C15H21NO3. The Bertz CT molecular complexity index is 414. The van der Waals surface area contributed by atoms with E-state index in [0.29, 0.717) is 13.0 Å². The van der Waals surface area contributed by atoms with Gasteiger partial charge in [-0.2, -0.15) is 0 Å². The van der Waals surface area contributed by atoms with Crippen molar-refractivity contribution in [3.63, 3.8) is 0 Å². The number of para-hydroxylation sites is 2. The van der Waals surface area contributed by atoms with Crippen LogP contribution in [0.15, 0.2) is 24.3 Å². The zero-order valence-electron chi connectivity index (χ0n) is 11.4. The van der Waals surface area contributed by atoms with E-state index in [-0.39, 0.29) is 5.91 Å². The molecule has 104 valence electrons. The van der Waals surface area contributed by atoms with Crippen molar-refractivity contribution < 1.29 is 14.3 Å². The normalized spacial score (nSPS) is 14.5. The van der Waals surface area contributed by atoms with Crippen LogP contribution in [0, 0.1) is 0 Å². The standard InChI is InChI=1S/C15H21NO3/c1-18-13-7-2-3-8-14(13)19-12-6-9-15(17)16-10-4-5-11-16/h2-3,7-8H,4-6,9-12H2,1H3. The molecule has 0 radical (unpaired) electrons. The Hall–Kier alpha value is -1.71. The minimum Gasteiger partial charge on any atom is -0.493 e. The number of ether oxygens (including phenoxy) is 2. The third-order valence-electron chi connectivity index (χ3n) is 3.32. The van der Waals surface area contributed by atoms with Gasteiger partial charge in [0.2, 0.25) is 5.91 Å². The van der Waals surface area contributed by atoms with E-state index in [0.717, 1.165) is 43.9 Å². The molecule has 0 unspecified atom stereocenters. The molecule has 1 amide bonds. The second-order valence-electron chi connectivity index (χ2n) is 4.69. The Morgan fingerprint density at radius 2 is 1.89 bits per heavy atom. The van der Waals surface area contributed by atoms with E-state index in [1.54, 1.807) is 7.11 Å². The molecule has 1 aromatic carbocycles. The summed E-state index contributed by atoms with van der Waals surface area (Å²) in [6.07, 6.45) is 3.59. The van der Waals surface area contributed by atoms with Crippen LogP contribution in [-0.4, -0.2) is 37.6 Å². The zero-order chi connectivity index (χ0) is 13.5. The van der Waals surface area contributed by atoms with E-state index in [1.807, 2.05) is 29.2 Å². The average molecular weight is 263 g/mol. The van der Waals surface area contributed by atoms with Crippen LogP contribution in [0.3, 0.4) is 0 Å². The number of benzene rings is 1. The van der Waals surface area contributed by atoms with Gasteiger partial charge in [-0.05, 0) is 31.4 Å². The van der Waals surface area contributed by atoms with Crippen LogP contribution in [0.1, 0.15) is 25.7 Å². The van der Waals surface area contributed by atoms with Crippen LogP contribution in [0.2, 0.25) is 0 Å². The third-order valence-corrected chi connectivity index (χ3v) is 3.32. The maximum absolute atomic E-state index is 11.8. The molecule has 0 aliphatic carbocycles. The number of carbonyl (C=O) groups excluding carboxylic acids is 1. The predicted octanol–water partition coefficient (Wildman–Crippen LogP) is 2.48. The van der Waals surface area contributed by atoms with Gasteiger partial charge in [0.05, 0.1) is 13.7 Å². The predicted molar refractivity (Wildman–Crippen MR) is 73.5 cm³/mol. The molecule has 1 fully saturated rings. The number of methoxy groups -OCH3 is 1. The minimum atomic E-state index is 0.251. The molecule has 1 heterocycles. The molecule has 0 spiro atoms. The molecule has 2 rings (SSSR count). The molecule has 0 N–H and O–H groups in total. The van der Waals surface area contributed by atoms with Gasteiger partial charge in [-0.1, -0.05) is 12.1 Å². The maximum atomic E-state index is 11.8. The fourth-order valence-electron chi connectivity index (χ4n) is 2.27. The third kappa shape index (κ3) is 3.88. The van der Waals surface area contributed by atoms with E-state index >= 15 is 0 Å². The molecule has 1 aromatic rings. The summed E-state index contributed by atoms with van der Waals surface area (Å²) in [4.78, 5) is 13.8. The molecule has 1 aliphatic heterocycles. The minimum absolute atomic E-state index is 0.251. The number of likely N-dealkylation sites (tertiary alicyclic amines) is 1. The number of hydrogen-bond donors (Lipinski definition) is 0. The van der Waals surface area contributed by atoms with E-state index in [2.05, 4.69) is 0 Å². The Balaban J connectivity index is 1.70. The van der Waals surface area contributed by atoms with E-state index in [1.165, 1.54) is 0 Å². The summed E-state index contributed by atoms with van der Waals surface area (Å²) in [7, 11) is 1.62. The van der Waals surface area contributed by atoms with Crippen molar-refractivity contribution in [1.82, 2.24) is 4.90 Å². The number of rotatable bonds is 6. The van der Waals surface area contributed by atoms with Crippen LogP contribution in [0.4, 0.5) is 0 Å². The number of nitrogens with zero attached hydrogens (tertiary/aromatic N) is 1. The fraction of sp³-hybridized carbons (Fsp3) is 0.533. The highest BCUT2D eigenvalue weighted by Gasteiger charge is 2.17. The molecule has 0 saturated carbocycles. The lowest BCUT2D eigenvalue weighted by Crippen LogP contribution is -2.27. The largest absolute Gasteiger partial charge is 0.493 e. The van der Waals surface area contributed by atoms with Gasteiger partial charge in [0, 0.05) is 19.5 Å². The summed E-state index contributed by atoms with van der Waals surface area (Å²) in [6, 6.07) is 7.56. The Morgan fingerprint density at radius 3 is 2.58 bits per heavy atom. The lowest BCUT2D eigenvalue weighted by Gasteiger charge is -2.15. The number of amides is 1. The van der Waals surface area contributed by atoms with Crippen LogP contribution >= 0.6 is 0 Å². The quantitative estimate of drug-likeness (QED) is 0.740. The fourth-order valence-corrected chi connectivity index (χ4v) is 2.27. The summed E-state index contributed by atoms with van der Waals surface area (Å²) in [5.41, 5.74) is 0. The van der Waals surface area contributed by atoms with Gasteiger partial charge >= 0.3 is 0 Å². The first-order valence-corrected chi connectivity index (χ1v) is 6.85. The summed E-state index contributed by atoms with van der Waals surface area (Å²) in [5, 5.41) is 0. The highest BCUT2D eigenvalue weighted by molar-refractivity contribution is 5.76. The summed E-state index contributed by atoms with van der Waals surface area (Å²) < 4.78 is 10.8. The second-order valence-corrected chi connectivity index (χ2v) is 4.69. The molecule has 4 nitrogen and oxygen atoms in total. The Labute approximate surface area is 114 Å². The second kappa shape index (κ2) is 7.02. The van der Waals surface area contributed by atoms with Gasteiger partial charge in [-0.25, -0.2) is 0 Å². The van der Waals surface area contributed by atoms with Gasteiger partial charge in [0.25, 0.3) is 0 Å². The highest BCUT2D eigenvalue weighted by atomic mass is 16.5. The zero-order valence-corrected chi connectivity index (χ0v) is 11.4. The van der Waals surface area contributed by atoms with Crippen LogP contribution in [-0.2, 0) is 4.79 Å². The maximum Gasteiger partial charge on any atom is 0.222 e. The highest BCUT2D eigenvalue weighted by Crippen LogP contribution is 2.25. The van der Waals surface area contributed by atoms with E-state index in [9.17, 15) is 4.79 Å². The smallest absolute Gasteiger partial charge is 0.222 e. The van der Waals surface area contributed by atoms with Gasteiger partial charge in [0.1, 0.15) is 0 Å². The van der Waals surface area contributed by atoms with Crippen molar-refractivity contribution in [2.45, 2.75) is 25.7 Å². The van der Waals surface area contributed by atoms with Crippen molar-refractivity contribution in [2.75, 3.05) is 26.8 Å². The Kier molecular flexibility index (Phi) is 5.07. The first-order chi connectivity index (χ1) is 9.31. The SMILES string of the molecule is COc1ccccc1OCCCC(=O)N1CCCC1. The van der Waals surface area contributed by atoms with E-state index < -0.39 is 0 Å². The van der Waals surface area contributed by atoms with Crippen molar-refractivity contribution in [3.05, 3.63) is 24.3 Å². The summed E-state index contributed by atoms with van der Waals surface area (Å²) >= 11 is 0. The molecule has 1 saturated heterocycles. The van der Waals surface area contributed by atoms with Gasteiger partial charge in [0.15, 0.2) is 11.5 Å².